The van der Waals surface area contributed by atoms with Crippen LogP contribution >= 0.6 is 11.8 Å². The first-order valence-electron chi connectivity index (χ1n) is 8.87. The fourth-order valence-corrected chi connectivity index (χ4v) is 3.13. The smallest absolute Gasteiger partial charge is 0.251 e. The van der Waals surface area contributed by atoms with Crippen LogP contribution in [0.25, 0.3) is 11.0 Å². The van der Waals surface area contributed by atoms with Gasteiger partial charge >= 0.3 is 0 Å². The van der Waals surface area contributed by atoms with Gasteiger partial charge in [-0.25, -0.2) is 14.6 Å². The number of thioether (sulfide) groups is 1. The molecule has 0 saturated carbocycles. The van der Waals surface area contributed by atoms with Gasteiger partial charge in [0, 0.05) is 18.2 Å². The Labute approximate surface area is 163 Å². The fourth-order valence-electron chi connectivity index (χ4n) is 2.77. The molecule has 0 atom stereocenters. The minimum Gasteiger partial charge on any atom is -0.367 e. The average molecular weight is 385 g/mol. The van der Waals surface area contributed by atoms with Gasteiger partial charge in [0.15, 0.2) is 10.8 Å². The zero-order chi connectivity index (χ0) is 19.4. The van der Waals surface area contributed by atoms with Crippen molar-refractivity contribution in [3.8, 4) is 0 Å². The Morgan fingerprint density at radius 2 is 2.04 bits per heavy atom. The maximum Gasteiger partial charge on any atom is 0.251 e. The first-order valence-corrected chi connectivity index (χ1v) is 10.1. The van der Waals surface area contributed by atoms with Crippen molar-refractivity contribution < 1.29 is 4.79 Å². The topological polar surface area (TPSA) is 84.7 Å². The highest BCUT2D eigenvalue weighted by atomic mass is 32.2. The monoisotopic (exact) mass is 384 g/mol. The second-order valence-electron chi connectivity index (χ2n) is 6.53. The summed E-state index contributed by atoms with van der Waals surface area (Å²) in [5, 5.41) is 12.3. The standard InChI is InChI=1S/C19H24N6OS/c1-12(2)22-16-15-11-21-25(17(15)24-19(23-16)27-4)10-9-20-18(26)14-8-6-5-7-13(14)3/h5-8,11-12H,9-10H2,1-4H3,(H,20,26)(H,22,23,24). The van der Waals surface area contributed by atoms with Gasteiger partial charge in [0.2, 0.25) is 0 Å². The van der Waals surface area contributed by atoms with Crippen LogP contribution in [0.3, 0.4) is 0 Å². The van der Waals surface area contributed by atoms with Gasteiger partial charge < -0.3 is 10.6 Å². The van der Waals surface area contributed by atoms with Crippen LogP contribution in [0.4, 0.5) is 5.82 Å². The number of fused-ring (bicyclic) bond motifs is 1. The molecule has 8 heteroatoms. The Kier molecular flexibility index (Phi) is 5.95. The van der Waals surface area contributed by atoms with Gasteiger partial charge in [-0.2, -0.15) is 5.10 Å². The van der Waals surface area contributed by atoms with Crippen molar-refractivity contribution >= 4 is 34.5 Å². The summed E-state index contributed by atoms with van der Waals surface area (Å²) in [5.74, 6) is 0.709. The van der Waals surface area contributed by atoms with Crippen LogP contribution in [0.2, 0.25) is 0 Å². The van der Waals surface area contributed by atoms with Gasteiger partial charge in [-0.15, -0.1) is 0 Å². The van der Waals surface area contributed by atoms with Crippen molar-refractivity contribution in [2.75, 3.05) is 18.1 Å². The van der Waals surface area contributed by atoms with E-state index in [0.717, 1.165) is 22.4 Å². The number of aromatic nitrogens is 4. The maximum atomic E-state index is 12.4. The van der Waals surface area contributed by atoms with Crippen LogP contribution in [0.15, 0.2) is 35.6 Å². The molecule has 1 aromatic carbocycles. The van der Waals surface area contributed by atoms with Gasteiger partial charge in [0.25, 0.3) is 5.91 Å². The Morgan fingerprint density at radius 3 is 2.74 bits per heavy atom. The summed E-state index contributed by atoms with van der Waals surface area (Å²) >= 11 is 1.49. The lowest BCUT2D eigenvalue weighted by Crippen LogP contribution is -2.28. The molecule has 2 heterocycles. The molecule has 2 aromatic heterocycles. The number of nitrogens with one attached hydrogen (secondary N) is 2. The highest BCUT2D eigenvalue weighted by Gasteiger charge is 2.14. The molecule has 2 N–H and O–H groups in total. The number of carbonyl (C=O) groups excluding carboxylic acids is 1. The SMILES string of the molecule is CSc1nc(NC(C)C)c2cnn(CCNC(=O)c3ccccc3C)c2n1. The van der Waals surface area contributed by atoms with Crippen LogP contribution in [0.1, 0.15) is 29.8 Å². The highest BCUT2D eigenvalue weighted by Crippen LogP contribution is 2.23. The Hall–Kier alpha value is -2.61. The predicted octanol–water partition coefficient (Wildman–Crippen LogP) is 3.11. The van der Waals surface area contributed by atoms with Crippen LogP contribution in [0.5, 0.6) is 0 Å². The van der Waals surface area contributed by atoms with Crippen LogP contribution in [-0.4, -0.2) is 44.5 Å². The van der Waals surface area contributed by atoms with Gasteiger partial charge in [0.05, 0.1) is 18.1 Å². The van der Waals surface area contributed by atoms with Crippen molar-refractivity contribution in [1.82, 2.24) is 25.1 Å². The molecule has 0 radical (unpaired) electrons. The van der Waals surface area contributed by atoms with Gasteiger partial charge in [0.1, 0.15) is 5.82 Å². The van der Waals surface area contributed by atoms with E-state index in [1.165, 1.54) is 11.8 Å². The molecule has 0 fully saturated rings. The average Bonchev–Trinajstić information content (AvgIpc) is 3.04. The first-order chi connectivity index (χ1) is 13.0. The van der Waals surface area contributed by atoms with E-state index in [9.17, 15) is 4.79 Å². The molecule has 3 aromatic rings. The van der Waals surface area contributed by atoms with E-state index >= 15 is 0 Å². The summed E-state index contributed by atoms with van der Waals surface area (Å²) in [6.45, 7) is 7.07. The van der Waals surface area contributed by atoms with E-state index in [0.29, 0.717) is 23.8 Å². The number of anilines is 1. The third-order valence-electron chi connectivity index (χ3n) is 4.08. The summed E-state index contributed by atoms with van der Waals surface area (Å²) in [4.78, 5) is 21.5. The maximum absolute atomic E-state index is 12.4. The quantitative estimate of drug-likeness (QED) is 0.481. The van der Waals surface area contributed by atoms with Crippen molar-refractivity contribution in [3.63, 3.8) is 0 Å². The molecule has 0 unspecified atom stereocenters. The lowest BCUT2D eigenvalue weighted by atomic mass is 10.1. The van der Waals surface area contributed by atoms with Gasteiger partial charge in [-0.1, -0.05) is 30.0 Å². The third kappa shape index (κ3) is 4.39. The Bertz CT molecular complexity index is 953. The van der Waals surface area contributed by atoms with E-state index in [4.69, 9.17) is 0 Å². The Morgan fingerprint density at radius 1 is 1.26 bits per heavy atom. The molecule has 0 aliphatic carbocycles. The van der Waals surface area contributed by atoms with Crippen molar-refractivity contribution in [1.29, 1.82) is 0 Å². The molecule has 0 aliphatic rings. The zero-order valence-electron chi connectivity index (χ0n) is 16.0. The molecule has 0 spiro atoms. The Balaban J connectivity index is 1.75. The number of nitrogens with zero attached hydrogens (tertiary/aromatic N) is 4. The van der Waals surface area contributed by atoms with Gasteiger partial charge in [-0.3, -0.25) is 4.79 Å². The molecule has 0 aliphatic heterocycles. The predicted molar refractivity (Wildman–Crippen MR) is 109 cm³/mol. The van der Waals surface area contributed by atoms with E-state index < -0.39 is 0 Å². The van der Waals surface area contributed by atoms with E-state index in [-0.39, 0.29) is 11.9 Å². The molecular weight excluding hydrogens is 360 g/mol. The summed E-state index contributed by atoms with van der Waals surface area (Å²) in [7, 11) is 0. The fraction of sp³-hybridized carbons (Fsp3) is 0.368. The minimum atomic E-state index is -0.0776. The molecule has 1 amide bonds. The van der Waals surface area contributed by atoms with Crippen molar-refractivity contribution in [2.45, 2.75) is 38.5 Å². The van der Waals surface area contributed by atoms with Crippen molar-refractivity contribution in [2.24, 2.45) is 0 Å². The van der Waals surface area contributed by atoms with Gasteiger partial charge in [-0.05, 0) is 38.7 Å². The largest absolute Gasteiger partial charge is 0.367 e. The molecule has 7 nitrogen and oxygen atoms in total. The summed E-state index contributed by atoms with van der Waals surface area (Å²) < 4.78 is 1.81. The number of amides is 1. The third-order valence-corrected chi connectivity index (χ3v) is 4.63. The highest BCUT2D eigenvalue weighted by molar-refractivity contribution is 7.98. The first kappa shape index (κ1) is 19.2. The van der Waals surface area contributed by atoms with E-state index in [2.05, 4.69) is 39.5 Å². The normalized spacial score (nSPS) is 11.1. The molecule has 27 heavy (non-hydrogen) atoms. The summed E-state index contributed by atoms with van der Waals surface area (Å²) in [5.41, 5.74) is 2.42. The van der Waals surface area contributed by atoms with Crippen LogP contribution in [-0.2, 0) is 6.54 Å². The number of rotatable bonds is 7. The number of benzene rings is 1. The minimum absolute atomic E-state index is 0.0776. The van der Waals surface area contributed by atoms with Crippen molar-refractivity contribution in [3.05, 3.63) is 41.6 Å². The second kappa shape index (κ2) is 8.39. The number of hydrogen-bond donors (Lipinski definition) is 2. The summed E-state index contributed by atoms with van der Waals surface area (Å²) in [6, 6.07) is 7.81. The van der Waals surface area contributed by atoms with E-state index in [1.54, 1.807) is 10.9 Å². The molecule has 142 valence electrons. The zero-order valence-corrected chi connectivity index (χ0v) is 16.8. The molecule has 3 rings (SSSR count). The summed E-state index contributed by atoms with van der Waals surface area (Å²) in [6.07, 6.45) is 3.72. The van der Waals surface area contributed by atoms with Crippen LogP contribution in [0, 0.1) is 6.92 Å². The van der Waals surface area contributed by atoms with E-state index in [1.807, 2.05) is 37.4 Å². The van der Waals surface area contributed by atoms with Crippen LogP contribution < -0.4 is 10.6 Å². The lowest BCUT2D eigenvalue weighted by molar-refractivity contribution is 0.0951. The lowest BCUT2D eigenvalue weighted by Gasteiger charge is -2.11. The second-order valence-corrected chi connectivity index (χ2v) is 7.31. The number of aryl methyl sites for hydroxylation is 1. The number of hydrogen-bond acceptors (Lipinski definition) is 6. The molecular formula is C19H24N6OS. The number of carbonyl (C=O) groups is 1. The molecule has 0 saturated heterocycles. The molecule has 0 bridgehead atoms.